The first-order valence-corrected chi connectivity index (χ1v) is 11.3. The lowest BCUT2D eigenvalue weighted by molar-refractivity contribution is -0.119. The first kappa shape index (κ1) is 21.6. The monoisotopic (exact) mass is 482 g/mol. The van der Waals surface area contributed by atoms with Crippen molar-refractivity contribution in [1.29, 1.82) is 0 Å². The van der Waals surface area contributed by atoms with Crippen molar-refractivity contribution in [3.63, 3.8) is 0 Å². The highest BCUT2D eigenvalue weighted by molar-refractivity contribution is 6.42. The number of pyridine rings is 1. The fraction of sp³-hybridized carbons (Fsp3) is 0.208. The molecule has 1 fully saturated rings. The number of piperidine rings is 1. The van der Waals surface area contributed by atoms with Crippen LogP contribution < -0.4 is 10.4 Å². The number of carbonyl (C=O) groups is 1. The number of hydrogen-bond donors (Lipinski definition) is 0. The van der Waals surface area contributed by atoms with Gasteiger partial charge in [-0.25, -0.2) is 4.79 Å². The van der Waals surface area contributed by atoms with Gasteiger partial charge in [-0.1, -0.05) is 29.3 Å². The first-order valence-electron chi connectivity index (χ1n) is 10.6. The second kappa shape index (κ2) is 8.92. The number of aromatic nitrogens is 3. The number of benzene rings is 2. The average Bonchev–Trinajstić information content (AvgIpc) is 3.14. The molecule has 1 unspecified atom stereocenters. The summed E-state index contributed by atoms with van der Waals surface area (Å²) in [5.41, 5.74) is 2.02. The van der Waals surface area contributed by atoms with Gasteiger partial charge in [-0.2, -0.15) is 0 Å². The molecule has 168 valence electrons. The Morgan fingerprint density at radius 1 is 1.06 bits per heavy atom. The molecular formula is C24H20Cl2N4O3. The summed E-state index contributed by atoms with van der Waals surface area (Å²) < 4.78 is 9.28. The molecule has 9 heteroatoms. The molecule has 7 nitrogen and oxygen atoms in total. The van der Waals surface area contributed by atoms with Gasteiger partial charge < -0.3 is 9.64 Å². The van der Waals surface area contributed by atoms with Crippen LogP contribution in [0.25, 0.3) is 16.7 Å². The minimum absolute atomic E-state index is 0.0878. The average molecular weight is 483 g/mol. The maximum atomic E-state index is 13.6. The standard InChI is InChI=1S/C24H20Cl2N4O3/c25-19-4-1-5-22(23(19)26)33-18-8-6-16(7-9-18)29-21-13-27-11-10-20(21)30(24(29)32)17-3-2-12-28(14-17)15-31/h1,4-11,13,15,17H,2-3,12,14H2. The van der Waals surface area contributed by atoms with Gasteiger partial charge in [0.15, 0.2) is 0 Å². The van der Waals surface area contributed by atoms with E-state index in [1.54, 1.807) is 56.8 Å². The molecule has 0 N–H and O–H groups in total. The molecule has 4 aromatic rings. The summed E-state index contributed by atoms with van der Waals surface area (Å²) in [6, 6.07) is 14.1. The Balaban J connectivity index is 1.53. The van der Waals surface area contributed by atoms with Gasteiger partial charge in [0.2, 0.25) is 6.41 Å². The molecule has 33 heavy (non-hydrogen) atoms. The van der Waals surface area contributed by atoms with Crippen LogP contribution in [0.1, 0.15) is 18.9 Å². The molecule has 1 atom stereocenters. The van der Waals surface area contributed by atoms with Crippen LogP contribution in [0, 0.1) is 0 Å². The number of likely N-dealkylation sites (tertiary alicyclic amines) is 1. The maximum absolute atomic E-state index is 13.6. The van der Waals surface area contributed by atoms with Crippen LogP contribution in [0.3, 0.4) is 0 Å². The summed E-state index contributed by atoms with van der Waals surface area (Å²) >= 11 is 12.3. The van der Waals surface area contributed by atoms with Crippen LogP contribution in [0.5, 0.6) is 11.5 Å². The highest BCUT2D eigenvalue weighted by atomic mass is 35.5. The largest absolute Gasteiger partial charge is 0.456 e. The van der Waals surface area contributed by atoms with E-state index in [-0.39, 0.29) is 11.7 Å². The van der Waals surface area contributed by atoms with E-state index in [1.807, 2.05) is 18.2 Å². The molecule has 0 saturated carbocycles. The fourth-order valence-corrected chi connectivity index (χ4v) is 4.64. The summed E-state index contributed by atoms with van der Waals surface area (Å²) in [5.74, 6) is 1.01. The Labute approximate surface area is 199 Å². The highest BCUT2D eigenvalue weighted by Crippen LogP contribution is 2.35. The number of nitrogens with zero attached hydrogens (tertiary/aromatic N) is 4. The molecule has 2 aromatic carbocycles. The number of hydrogen-bond acceptors (Lipinski definition) is 4. The molecule has 1 aliphatic heterocycles. The molecule has 1 saturated heterocycles. The number of imidazole rings is 1. The van der Waals surface area contributed by atoms with Gasteiger partial charge in [0.1, 0.15) is 16.5 Å². The lowest BCUT2D eigenvalue weighted by atomic mass is 10.1. The number of ether oxygens (including phenoxy) is 1. The van der Waals surface area contributed by atoms with Crippen molar-refractivity contribution < 1.29 is 9.53 Å². The lowest BCUT2D eigenvalue weighted by Crippen LogP contribution is -2.39. The van der Waals surface area contributed by atoms with E-state index >= 15 is 0 Å². The van der Waals surface area contributed by atoms with Crippen LogP contribution in [-0.2, 0) is 4.79 Å². The zero-order valence-electron chi connectivity index (χ0n) is 17.5. The topological polar surface area (TPSA) is 69.4 Å². The predicted molar refractivity (Wildman–Crippen MR) is 128 cm³/mol. The number of fused-ring (bicyclic) bond motifs is 1. The third-order valence-corrected chi connectivity index (χ3v) is 6.66. The summed E-state index contributed by atoms with van der Waals surface area (Å²) in [4.78, 5) is 30.8. The fourth-order valence-electron chi connectivity index (χ4n) is 4.31. The second-order valence-electron chi connectivity index (χ2n) is 7.90. The van der Waals surface area contributed by atoms with Crippen LogP contribution in [-0.4, -0.2) is 38.5 Å². The van der Waals surface area contributed by atoms with Crippen LogP contribution in [0.2, 0.25) is 10.0 Å². The van der Waals surface area contributed by atoms with Gasteiger partial charge >= 0.3 is 5.69 Å². The molecule has 2 aromatic heterocycles. The molecule has 1 aliphatic rings. The first-order chi connectivity index (χ1) is 16.1. The molecule has 1 amide bonds. The number of amides is 1. The van der Waals surface area contributed by atoms with E-state index in [2.05, 4.69) is 4.98 Å². The van der Waals surface area contributed by atoms with Gasteiger partial charge in [-0.3, -0.25) is 18.9 Å². The van der Waals surface area contributed by atoms with E-state index < -0.39 is 0 Å². The zero-order valence-corrected chi connectivity index (χ0v) is 19.0. The summed E-state index contributed by atoms with van der Waals surface area (Å²) in [6.45, 7) is 1.23. The Hall–Kier alpha value is -3.29. The quantitative estimate of drug-likeness (QED) is 0.372. The normalized spacial score (nSPS) is 16.2. The van der Waals surface area contributed by atoms with Gasteiger partial charge in [-0.15, -0.1) is 0 Å². The van der Waals surface area contributed by atoms with Crippen molar-refractivity contribution in [2.75, 3.05) is 13.1 Å². The number of halogens is 2. The van der Waals surface area contributed by atoms with Crippen molar-refractivity contribution in [3.8, 4) is 17.2 Å². The second-order valence-corrected chi connectivity index (χ2v) is 8.68. The van der Waals surface area contributed by atoms with Crippen LogP contribution in [0.4, 0.5) is 0 Å². The van der Waals surface area contributed by atoms with Crippen LogP contribution in [0.15, 0.2) is 65.7 Å². The van der Waals surface area contributed by atoms with Gasteiger partial charge in [0.25, 0.3) is 0 Å². The van der Waals surface area contributed by atoms with E-state index in [0.29, 0.717) is 45.8 Å². The van der Waals surface area contributed by atoms with Gasteiger partial charge in [0.05, 0.1) is 34.0 Å². The molecule has 5 rings (SSSR count). The van der Waals surface area contributed by atoms with E-state index in [0.717, 1.165) is 24.8 Å². The molecular weight excluding hydrogens is 463 g/mol. The number of carbonyl (C=O) groups excluding carboxylic acids is 1. The van der Waals surface area contributed by atoms with Gasteiger partial charge in [-0.05, 0) is 55.3 Å². The molecule has 0 spiro atoms. The third kappa shape index (κ3) is 3.98. The summed E-state index contributed by atoms with van der Waals surface area (Å²) in [5, 5.41) is 0.749. The highest BCUT2D eigenvalue weighted by Gasteiger charge is 2.26. The summed E-state index contributed by atoms with van der Waals surface area (Å²) in [6.07, 6.45) is 5.89. The molecule has 0 aliphatic carbocycles. The Kier molecular flexibility index (Phi) is 5.83. The minimum atomic E-state index is -0.165. The van der Waals surface area contributed by atoms with Crippen molar-refractivity contribution in [1.82, 2.24) is 19.0 Å². The molecule has 0 bridgehead atoms. The van der Waals surface area contributed by atoms with Crippen molar-refractivity contribution in [3.05, 3.63) is 81.5 Å². The maximum Gasteiger partial charge on any atom is 0.334 e. The van der Waals surface area contributed by atoms with E-state index in [4.69, 9.17) is 27.9 Å². The smallest absolute Gasteiger partial charge is 0.334 e. The molecule has 3 heterocycles. The third-order valence-electron chi connectivity index (χ3n) is 5.86. The number of rotatable bonds is 5. The van der Waals surface area contributed by atoms with Crippen LogP contribution >= 0.6 is 23.2 Å². The summed E-state index contributed by atoms with van der Waals surface area (Å²) in [7, 11) is 0. The Morgan fingerprint density at radius 2 is 1.88 bits per heavy atom. The zero-order chi connectivity index (χ0) is 22.9. The SMILES string of the molecule is O=CN1CCCC(n2c(=O)n(-c3ccc(Oc4cccc(Cl)c4Cl)cc3)c3cnccc32)C1. The van der Waals surface area contributed by atoms with Crippen molar-refractivity contribution in [2.45, 2.75) is 18.9 Å². The van der Waals surface area contributed by atoms with E-state index in [9.17, 15) is 9.59 Å². The minimum Gasteiger partial charge on any atom is -0.456 e. The Bertz CT molecular complexity index is 1380. The van der Waals surface area contributed by atoms with Gasteiger partial charge in [0, 0.05) is 19.3 Å². The van der Waals surface area contributed by atoms with E-state index in [1.165, 1.54) is 0 Å². The predicted octanol–water partition coefficient (Wildman–Crippen LogP) is 5.08. The van der Waals surface area contributed by atoms with Crippen molar-refractivity contribution >= 4 is 40.6 Å². The lowest BCUT2D eigenvalue weighted by Gasteiger charge is -2.30. The molecule has 0 radical (unpaired) electrons. The van der Waals surface area contributed by atoms with Crippen molar-refractivity contribution in [2.24, 2.45) is 0 Å². The Morgan fingerprint density at radius 3 is 2.67 bits per heavy atom.